The Hall–Kier alpha value is -2.77. The van der Waals surface area contributed by atoms with Crippen LogP contribution in [0.5, 0.6) is 0 Å². The van der Waals surface area contributed by atoms with Crippen molar-refractivity contribution in [3.8, 4) is 0 Å². The van der Waals surface area contributed by atoms with E-state index in [9.17, 15) is 14.0 Å². The first-order chi connectivity index (χ1) is 12.1. The number of halogens is 1. The Balaban J connectivity index is 1.78. The number of benzene rings is 2. The van der Waals surface area contributed by atoms with E-state index in [1.165, 1.54) is 18.2 Å². The van der Waals surface area contributed by atoms with Gasteiger partial charge in [0, 0.05) is 12.1 Å². The van der Waals surface area contributed by atoms with Crippen molar-refractivity contribution in [2.45, 2.75) is 18.6 Å². The van der Waals surface area contributed by atoms with E-state index in [-0.39, 0.29) is 17.6 Å². The zero-order valence-corrected chi connectivity index (χ0v) is 13.5. The van der Waals surface area contributed by atoms with E-state index in [1.807, 2.05) is 6.07 Å². The first kappa shape index (κ1) is 17.1. The molecule has 1 heterocycles. The topological polar surface area (TPSA) is 82.3 Å². The van der Waals surface area contributed by atoms with Crippen LogP contribution >= 0.6 is 0 Å². The van der Waals surface area contributed by atoms with Gasteiger partial charge in [0.2, 0.25) is 5.91 Å². The van der Waals surface area contributed by atoms with Crippen LogP contribution in [0.2, 0.25) is 0 Å². The molecule has 0 saturated carbocycles. The van der Waals surface area contributed by atoms with E-state index < -0.39 is 17.8 Å². The number of hydrazine groups is 1. The second-order valence-electron chi connectivity index (χ2n) is 5.75. The molecule has 130 valence electrons. The Morgan fingerprint density at radius 3 is 2.60 bits per heavy atom. The zero-order chi connectivity index (χ0) is 17.6. The lowest BCUT2D eigenvalue weighted by molar-refractivity contribution is -0.124. The molecule has 2 amide bonds. The normalized spacial score (nSPS) is 17.7. The van der Waals surface area contributed by atoms with E-state index in [4.69, 9.17) is 0 Å². The minimum atomic E-state index is -0.876. The van der Waals surface area contributed by atoms with Crippen LogP contribution in [0.3, 0.4) is 0 Å². The molecule has 0 aliphatic carbocycles. The summed E-state index contributed by atoms with van der Waals surface area (Å²) in [5.74, 6) is -1.35. The minimum absolute atomic E-state index is 0.161. The zero-order valence-electron chi connectivity index (χ0n) is 13.5. The molecule has 25 heavy (non-hydrogen) atoms. The first-order valence-electron chi connectivity index (χ1n) is 8.03. The van der Waals surface area contributed by atoms with Crippen molar-refractivity contribution in [3.05, 3.63) is 71.5 Å². The monoisotopic (exact) mass is 342 g/mol. The highest BCUT2D eigenvalue weighted by molar-refractivity contribution is 5.97. The average molecular weight is 342 g/mol. The van der Waals surface area contributed by atoms with Gasteiger partial charge in [-0.1, -0.05) is 36.4 Å². The van der Waals surface area contributed by atoms with Gasteiger partial charge in [-0.05, 0) is 30.2 Å². The predicted octanol–water partition coefficient (Wildman–Crippen LogP) is 1.24. The number of hydrogen-bond donors (Lipinski definition) is 4. The Labute approximate surface area is 144 Å². The summed E-state index contributed by atoms with van der Waals surface area (Å²) in [7, 11) is 0. The van der Waals surface area contributed by atoms with Crippen molar-refractivity contribution >= 4 is 11.8 Å². The second-order valence-corrected chi connectivity index (χ2v) is 5.75. The molecule has 0 aromatic heterocycles. The molecule has 7 heteroatoms. The highest BCUT2D eigenvalue weighted by Crippen LogP contribution is 2.15. The average Bonchev–Trinajstić information content (AvgIpc) is 3.13. The molecule has 2 aromatic rings. The lowest BCUT2D eigenvalue weighted by atomic mass is 10.0. The molecule has 2 unspecified atom stereocenters. The van der Waals surface area contributed by atoms with Gasteiger partial charge in [-0.2, -0.15) is 0 Å². The smallest absolute Gasteiger partial charge is 0.252 e. The summed E-state index contributed by atoms with van der Waals surface area (Å²) < 4.78 is 13.3. The van der Waals surface area contributed by atoms with Crippen molar-refractivity contribution in [3.63, 3.8) is 0 Å². The Kier molecular flexibility index (Phi) is 5.37. The van der Waals surface area contributed by atoms with Crippen LogP contribution in [0.1, 0.15) is 28.4 Å². The molecule has 2 aromatic carbocycles. The summed E-state index contributed by atoms with van der Waals surface area (Å²) in [6.07, 6.45) is 0.537. The van der Waals surface area contributed by atoms with E-state index in [0.29, 0.717) is 5.56 Å². The maximum atomic E-state index is 13.3. The Morgan fingerprint density at radius 1 is 1.12 bits per heavy atom. The third-order valence-electron chi connectivity index (χ3n) is 3.91. The summed E-state index contributed by atoms with van der Waals surface area (Å²) >= 11 is 0. The number of carbonyl (C=O) groups excluding carboxylic acids is 2. The quantitative estimate of drug-likeness (QED) is 0.659. The summed E-state index contributed by atoms with van der Waals surface area (Å²) in [4.78, 5) is 25.1. The number of nitrogens with one attached hydrogen (secondary N) is 4. The summed E-state index contributed by atoms with van der Waals surface area (Å²) in [5.41, 5.74) is 6.69. The predicted molar refractivity (Wildman–Crippen MR) is 90.7 cm³/mol. The molecule has 6 nitrogen and oxygen atoms in total. The fourth-order valence-corrected chi connectivity index (χ4v) is 2.64. The van der Waals surface area contributed by atoms with Crippen molar-refractivity contribution in [2.24, 2.45) is 0 Å². The minimum Gasteiger partial charge on any atom is -0.337 e. The van der Waals surface area contributed by atoms with Gasteiger partial charge < -0.3 is 10.6 Å². The van der Waals surface area contributed by atoms with E-state index >= 15 is 0 Å². The van der Waals surface area contributed by atoms with Crippen LogP contribution in [0.15, 0.2) is 54.6 Å². The van der Waals surface area contributed by atoms with E-state index in [0.717, 1.165) is 19.0 Å². The van der Waals surface area contributed by atoms with E-state index in [2.05, 4.69) is 21.5 Å². The molecule has 0 bridgehead atoms. The number of amides is 2. The third kappa shape index (κ3) is 4.40. The Bertz CT molecular complexity index is 748. The van der Waals surface area contributed by atoms with Gasteiger partial charge in [0.1, 0.15) is 11.9 Å². The van der Waals surface area contributed by atoms with Crippen LogP contribution in [0.4, 0.5) is 4.39 Å². The highest BCUT2D eigenvalue weighted by atomic mass is 19.1. The first-order valence-corrected chi connectivity index (χ1v) is 8.03. The molecular formula is C18H19FN4O2. The van der Waals surface area contributed by atoms with Crippen LogP contribution < -0.4 is 21.5 Å². The summed E-state index contributed by atoms with van der Waals surface area (Å²) in [5, 5.41) is 5.53. The molecule has 0 radical (unpaired) electrons. The lowest BCUT2D eigenvalue weighted by Gasteiger charge is -2.21. The Morgan fingerprint density at radius 2 is 1.92 bits per heavy atom. The molecule has 1 fully saturated rings. The summed E-state index contributed by atoms with van der Waals surface area (Å²) in [6, 6.07) is 13.4. The highest BCUT2D eigenvalue weighted by Gasteiger charge is 2.26. The number of carbonyl (C=O) groups is 2. The van der Waals surface area contributed by atoms with Crippen molar-refractivity contribution in [1.82, 2.24) is 21.5 Å². The SMILES string of the molecule is O=C(NC(C(=O)NC1CCNN1)c1ccccc1)c1cccc(F)c1. The van der Waals surface area contributed by atoms with Crippen LogP contribution in [-0.2, 0) is 4.79 Å². The van der Waals surface area contributed by atoms with Gasteiger partial charge in [-0.3, -0.25) is 15.0 Å². The van der Waals surface area contributed by atoms with Gasteiger partial charge in [0.25, 0.3) is 5.91 Å². The number of rotatable bonds is 5. The van der Waals surface area contributed by atoms with Crippen LogP contribution in [0.25, 0.3) is 0 Å². The molecule has 2 atom stereocenters. The van der Waals surface area contributed by atoms with Gasteiger partial charge in [0.15, 0.2) is 0 Å². The van der Waals surface area contributed by atoms with Gasteiger partial charge >= 0.3 is 0 Å². The molecule has 1 aliphatic heterocycles. The van der Waals surface area contributed by atoms with Gasteiger partial charge in [-0.25, -0.2) is 9.82 Å². The molecule has 0 spiro atoms. The molecule has 3 rings (SSSR count). The summed E-state index contributed by atoms with van der Waals surface area (Å²) in [6.45, 7) is 0.747. The van der Waals surface area contributed by atoms with Crippen LogP contribution in [0, 0.1) is 5.82 Å². The van der Waals surface area contributed by atoms with Gasteiger partial charge in [0.05, 0.1) is 6.17 Å². The molecular weight excluding hydrogens is 323 g/mol. The van der Waals surface area contributed by atoms with Crippen molar-refractivity contribution < 1.29 is 14.0 Å². The largest absolute Gasteiger partial charge is 0.337 e. The lowest BCUT2D eigenvalue weighted by Crippen LogP contribution is -2.49. The van der Waals surface area contributed by atoms with Crippen molar-refractivity contribution in [1.29, 1.82) is 0 Å². The maximum absolute atomic E-state index is 13.3. The number of hydrogen-bond acceptors (Lipinski definition) is 4. The molecule has 1 aliphatic rings. The molecule has 4 N–H and O–H groups in total. The standard InChI is InChI=1S/C18H19FN4O2/c19-14-8-4-7-13(11-14)17(24)22-16(12-5-2-1-3-6-12)18(25)21-15-9-10-20-23-15/h1-8,11,15-16,20,23H,9-10H2,(H,21,25)(H,22,24). The fourth-order valence-electron chi connectivity index (χ4n) is 2.64. The van der Waals surface area contributed by atoms with Crippen molar-refractivity contribution in [2.75, 3.05) is 6.54 Å². The molecule has 1 saturated heterocycles. The second kappa shape index (κ2) is 7.87. The fraction of sp³-hybridized carbons (Fsp3) is 0.222. The third-order valence-corrected chi connectivity index (χ3v) is 3.91. The van der Waals surface area contributed by atoms with E-state index in [1.54, 1.807) is 24.3 Å². The van der Waals surface area contributed by atoms with Gasteiger partial charge in [-0.15, -0.1) is 0 Å². The van der Waals surface area contributed by atoms with Crippen LogP contribution in [-0.4, -0.2) is 24.5 Å². The maximum Gasteiger partial charge on any atom is 0.252 e.